The van der Waals surface area contributed by atoms with Gasteiger partial charge in [0, 0.05) is 16.6 Å². The van der Waals surface area contributed by atoms with Crippen LogP contribution in [0.25, 0.3) is 10.1 Å². The molecule has 0 saturated carbocycles. The second kappa shape index (κ2) is 7.11. The third kappa shape index (κ3) is 3.87. The number of nitrogens with one attached hydrogen (secondary N) is 1. The summed E-state index contributed by atoms with van der Waals surface area (Å²) in [6.45, 7) is 1.69. The standard InChI is InChI=1S/C15H20ClN3OS/c1-19(2)9-4-3-8-18-15(20)14-13(17)12-10(16)6-5-7-11(12)21-14/h5-7H,3-4,8-9,17H2,1-2H3,(H,18,20). The number of thiophene rings is 1. The molecule has 1 aromatic carbocycles. The van der Waals surface area contributed by atoms with Crippen molar-refractivity contribution in [3.63, 3.8) is 0 Å². The van der Waals surface area contributed by atoms with Crippen molar-refractivity contribution in [2.75, 3.05) is 32.9 Å². The van der Waals surface area contributed by atoms with Crippen LogP contribution in [-0.4, -0.2) is 38.0 Å². The Hall–Kier alpha value is -1.30. The summed E-state index contributed by atoms with van der Waals surface area (Å²) in [7, 11) is 4.08. The number of amides is 1. The van der Waals surface area contributed by atoms with Crippen LogP contribution in [0.4, 0.5) is 5.69 Å². The fourth-order valence-corrected chi connectivity index (χ4v) is 3.53. The molecule has 0 aliphatic rings. The molecule has 1 heterocycles. The molecule has 114 valence electrons. The smallest absolute Gasteiger partial charge is 0.263 e. The van der Waals surface area contributed by atoms with Crippen molar-refractivity contribution in [3.05, 3.63) is 28.1 Å². The van der Waals surface area contributed by atoms with Gasteiger partial charge in [-0.2, -0.15) is 0 Å². The van der Waals surface area contributed by atoms with E-state index in [9.17, 15) is 4.79 Å². The minimum atomic E-state index is -0.116. The fourth-order valence-electron chi connectivity index (χ4n) is 2.13. The number of anilines is 1. The average molecular weight is 326 g/mol. The molecule has 1 aromatic heterocycles. The number of fused-ring (bicyclic) bond motifs is 1. The van der Waals surface area contributed by atoms with Gasteiger partial charge in [-0.05, 0) is 45.6 Å². The molecule has 2 aromatic rings. The summed E-state index contributed by atoms with van der Waals surface area (Å²) in [6, 6.07) is 5.58. The predicted octanol–water partition coefficient (Wildman–Crippen LogP) is 3.21. The lowest BCUT2D eigenvalue weighted by molar-refractivity contribution is 0.0957. The Kier molecular flexibility index (Phi) is 5.45. The van der Waals surface area contributed by atoms with Crippen molar-refractivity contribution in [1.29, 1.82) is 0 Å². The zero-order valence-corrected chi connectivity index (χ0v) is 13.9. The largest absolute Gasteiger partial charge is 0.397 e. The number of halogens is 1. The molecule has 4 nitrogen and oxygen atoms in total. The van der Waals surface area contributed by atoms with Gasteiger partial charge >= 0.3 is 0 Å². The van der Waals surface area contributed by atoms with Gasteiger partial charge in [0.25, 0.3) is 5.91 Å². The Morgan fingerprint density at radius 3 is 2.81 bits per heavy atom. The Morgan fingerprint density at radius 2 is 2.14 bits per heavy atom. The number of unbranched alkanes of at least 4 members (excludes halogenated alkanes) is 1. The van der Waals surface area contributed by atoms with Gasteiger partial charge < -0.3 is 16.0 Å². The third-order valence-corrected chi connectivity index (χ3v) is 4.71. The molecule has 21 heavy (non-hydrogen) atoms. The summed E-state index contributed by atoms with van der Waals surface area (Å²) >= 11 is 7.53. The van der Waals surface area contributed by atoms with Gasteiger partial charge in [0.05, 0.1) is 10.7 Å². The summed E-state index contributed by atoms with van der Waals surface area (Å²) in [4.78, 5) is 14.9. The molecule has 0 spiro atoms. The molecule has 0 fully saturated rings. The maximum atomic E-state index is 12.2. The molecule has 1 amide bonds. The summed E-state index contributed by atoms with van der Waals surface area (Å²) in [5, 5.41) is 4.29. The lowest BCUT2D eigenvalue weighted by atomic mass is 10.2. The van der Waals surface area contributed by atoms with Gasteiger partial charge in [0.15, 0.2) is 0 Å². The van der Waals surface area contributed by atoms with Crippen LogP contribution in [0.1, 0.15) is 22.5 Å². The number of hydrogen-bond acceptors (Lipinski definition) is 4. The first kappa shape index (κ1) is 16.1. The highest BCUT2D eigenvalue weighted by molar-refractivity contribution is 7.21. The normalized spacial score (nSPS) is 11.2. The number of nitrogen functional groups attached to an aromatic ring is 1. The van der Waals surface area contributed by atoms with Crippen LogP contribution in [0.15, 0.2) is 18.2 Å². The van der Waals surface area contributed by atoms with E-state index in [1.54, 1.807) is 6.07 Å². The highest BCUT2D eigenvalue weighted by atomic mass is 35.5. The SMILES string of the molecule is CN(C)CCCCNC(=O)c1sc2cccc(Cl)c2c1N. The van der Waals surface area contributed by atoms with Crippen molar-refractivity contribution < 1.29 is 4.79 Å². The van der Waals surface area contributed by atoms with Crippen LogP contribution < -0.4 is 11.1 Å². The summed E-state index contributed by atoms with van der Waals surface area (Å²) in [5.41, 5.74) is 6.55. The van der Waals surface area contributed by atoms with Crippen molar-refractivity contribution in [1.82, 2.24) is 10.2 Å². The molecule has 0 atom stereocenters. The molecule has 3 N–H and O–H groups in total. The van der Waals surface area contributed by atoms with Crippen LogP contribution >= 0.6 is 22.9 Å². The van der Waals surface area contributed by atoms with E-state index in [0.29, 0.717) is 22.1 Å². The lowest BCUT2D eigenvalue weighted by Gasteiger charge is -2.09. The molecular weight excluding hydrogens is 306 g/mol. The van der Waals surface area contributed by atoms with Crippen LogP contribution in [0.3, 0.4) is 0 Å². The monoisotopic (exact) mass is 325 g/mol. The fraction of sp³-hybridized carbons (Fsp3) is 0.400. The van der Waals surface area contributed by atoms with Gasteiger partial charge in [-0.15, -0.1) is 11.3 Å². The molecule has 2 rings (SSSR count). The van der Waals surface area contributed by atoms with Crippen LogP contribution in [0, 0.1) is 0 Å². The van der Waals surface area contributed by atoms with Gasteiger partial charge in [-0.1, -0.05) is 17.7 Å². The van der Waals surface area contributed by atoms with Crippen molar-refractivity contribution in [3.8, 4) is 0 Å². The number of rotatable bonds is 6. The first-order valence-corrected chi connectivity index (χ1v) is 8.09. The van der Waals surface area contributed by atoms with Gasteiger partial charge in [-0.3, -0.25) is 4.79 Å². The van der Waals surface area contributed by atoms with E-state index in [2.05, 4.69) is 10.2 Å². The first-order chi connectivity index (χ1) is 10.0. The quantitative estimate of drug-likeness (QED) is 0.802. The Morgan fingerprint density at radius 1 is 1.38 bits per heavy atom. The van der Waals surface area contributed by atoms with Crippen LogP contribution in [0.2, 0.25) is 5.02 Å². The molecule has 0 bridgehead atoms. The molecular formula is C15H20ClN3OS. The molecule has 0 saturated heterocycles. The maximum absolute atomic E-state index is 12.2. The predicted molar refractivity (Wildman–Crippen MR) is 91.4 cm³/mol. The Balaban J connectivity index is 2.00. The number of carbonyl (C=O) groups is 1. The number of benzene rings is 1. The summed E-state index contributed by atoms with van der Waals surface area (Å²) in [6.07, 6.45) is 2.01. The van der Waals surface area contributed by atoms with Crippen molar-refractivity contribution >= 4 is 44.6 Å². The van der Waals surface area contributed by atoms with Gasteiger partial charge in [0.1, 0.15) is 4.88 Å². The van der Waals surface area contributed by atoms with E-state index in [0.717, 1.165) is 29.5 Å². The third-order valence-electron chi connectivity index (χ3n) is 3.23. The van der Waals surface area contributed by atoms with E-state index >= 15 is 0 Å². The van der Waals surface area contributed by atoms with Crippen molar-refractivity contribution in [2.24, 2.45) is 0 Å². The highest BCUT2D eigenvalue weighted by Gasteiger charge is 2.17. The zero-order chi connectivity index (χ0) is 15.4. The summed E-state index contributed by atoms with van der Waals surface area (Å²) < 4.78 is 0.942. The van der Waals surface area contributed by atoms with Gasteiger partial charge in [0.2, 0.25) is 0 Å². The van der Waals surface area contributed by atoms with E-state index in [1.165, 1.54) is 11.3 Å². The zero-order valence-electron chi connectivity index (χ0n) is 12.3. The van der Waals surface area contributed by atoms with Crippen molar-refractivity contribution in [2.45, 2.75) is 12.8 Å². The first-order valence-electron chi connectivity index (χ1n) is 6.90. The van der Waals surface area contributed by atoms with Crippen LogP contribution in [0.5, 0.6) is 0 Å². The molecule has 0 aliphatic heterocycles. The number of hydrogen-bond donors (Lipinski definition) is 2. The topological polar surface area (TPSA) is 58.4 Å². The van der Waals surface area contributed by atoms with Crippen LogP contribution in [-0.2, 0) is 0 Å². The van der Waals surface area contributed by atoms with E-state index < -0.39 is 0 Å². The minimum absolute atomic E-state index is 0.116. The molecule has 6 heteroatoms. The second-order valence-corrected chi connectivity index (χ2v) is 6.68. The molecule has 0 radical (unpaired) electrons. The Labute approximate surface area is 133 Å². The van der Waals surface area contributed by atoms with Gasteiger partial charge in [-0.25, -0.2) is 0 Å². The summed E-state index contributed by atoms with van der Waals surface area (Å²) in [5.74, 6) is -0.116. The highest BCUT2D eigenvalue weighted by Crippen LogP contribution is 2.37. The Bertz CT molecular complexity index is 639. The number of nitrogens with zero attached hydrogens (tertiary/aromatic N) is 1. The lowest BCUT2D eigenvalue weighted by Crippen LogP contribution is -2.25. The molecule has 0 aliphatic carbocycles. The van der Waals surface area contributed by atoms with E-state index in [1.807, 2.05) is 26.2 Å². The second-order valence-electron chi connectivity index (χ2n) is 5.22. The molecule has 0 unspecified atom stereocenters. The van der Waals surface area contributed by atoms with E-state index in [4.69, 9.17) is 17.3 Å². The minimum Gasteiger partial charge on any atom is -0.397 e. The average Bonchev–Trinajstić information content (AvgIpc) is 2.76. The van der Waals surface area contributed by atoms with E-state index in [-0.39, 0.29) is 5.91 Å². The number of nitrogens with two attached hydrogens (primary N) is 1. The number of carbonyl (C=O) groups excluding carboxylic acids is 1. The maximum Gasteiger partial charge on any atom is 0.263 e.